The molecule has 3 heteroatoms. The van der Waals surface area contributed by atoms with Crippen LogP contribution in [-0.2, 0) is 0 Å². The van der Waals surface area contributed by atoms with E-state index in [-0.39, 0.29) is 0 Å². The van der Waals surface area contributed by atoms with Crippen molar-refractivity contribution in [3.05, 3.63) is 17.7 Å². The van der Waals surface area contributed by atoms with Gasteiger partial charge in [-0.2, -0.15) is 0 Å². The van der Waals surface area contributed by atoms with E-state index in [2.05, 4.69) is 22.6 Å². The van der Waals surface area contributed by atoms with E-state index < -0.39 is 0 Å². The van der Waals surface area contributed by atoms with Gasteiger partial charge in [0.1, 0.15) is 5.82 Å². The van der Waals surface area contributed by atoms with E-state index >= 15 is 0 Å². The van der Waals surface area contributed by atoms with E-state index in [4.69, 9.17) is 0 Å². The number of thiol groups is 1. The maximum atomic E-state index is 4.12. The van der Waals surface area contributed by atoms with E-state index in [1.54, 1.807) is 6.20 Å². The molecule has 0 aliphatic heterocycles. The Morgan fingerprint density at radius 2 is 2.11 bits per heavy atom. The lowest BCUT2D eigenvalue weighted by Gasteiger charge is -1.95. The van der Waals surface area contributed by atoms with Crippen molar-refractivity contribution in [1.82, 2.24) is 9.97 Å². The second kappa shape index (κ2) is 2.35. The maximum Gasteiger partial charge on any atom is 0.125 e. The molecule has 0 spiro atoms. The van der Waals surface area contributed by atoms with Crippen LogP contribution in [-0.4, -0.2) is 9.97 Å². The van der Waals surface area contributed by atoms with E-state index in [0.717, 1.165) is 16.4 Å². The van der Waals surface area contributed by atoms with Crippen molar-refractivity contribution in [1.29, 1.82) is 0 Å². The Balaban J connectivity index is 3.17. The molecule has 0 saturated heterocycles. The third-order valence-corrected chi connectivity index (χ3v) is 1.51. The lowest BCUT2D eigenvalue weighted by Crippen LogP contribution is -1.90. The predicted octanol–water partition coefficient (Wildman–Crippen LogP) is 1.38. The van der Waals surface area contributed by atoms with Crippen molar-refractivity contribution >= 4 is 12.6 Å². The average Bonchev–Trinajstić information content (AvgIpc) is 1.80. The molecule has 0 amide bonds. The number of aromatic nitrogens is 2. The summed E-state index contributed by atoms with van der Waals surface area (Å²) in [6, 6.07) is 0. The van der Waals surface area contributed by atoms with Gasteiger partial charge in [0.15, 0.2) is 0 Å². The molecule has 0 fully saturated rings. The second-order valence-corrected chi connectivity index (χ2v) is 2.37. The van der Waals surface area contributed by atoms with Crippen LogP contribution in [0.1, 0.15) is 11.5 Å². The van der Waals surface area contributed by atoms with Gasteiger partial charge in [0.05, 0.1) is 5.69 Å². The summed E-state index contributed by atoms with van der Waals surface area (Å²) >= 11 is 4.12. The minimum Gasteiger partial charge on any atom is -0.241 e. The average molecular weight is 140 g/mol. The topological polar surface area (TPSA) is 25.8 Å². The van der Waals surface area contributed by atoms with Gasteiger partial charge in [-0.25, -0.2) is 9.97 Å². The van der Waals surface area contributed by atoms with Gasteiger partial charge < -0.3 is 0 Å². The van der Waals surface area contributed by atoms with Crippen LogP contribution in [0.4, 0.5) is 0 Å². The first-order chi connectivity index (χ1) is 4.20. The lowest BCUT2D eigenvalue weighted by atomic mass is 10.4. The Morgan fingerprint density at radius 1 is 1.44 bits per heavy atom. The lowest BCUT2D eigenvalue weighted by molar-refractivity contribution is 0.961. The van der Waals surface area contributed by atoms with Gasteiger partial charge in [0, 0.05) is 11.1 Å². The molecule has 0 N–H and O–H groups in total. The first-order valence-corrected chi connectivity index (χ1v) is 3.14. The van der Waals surface area contributed by atoms with Crippen LogP contribution in [0.25, 0.3) is 0 Å². The summed E-state index contributed by atoms with van der Waals surface area (Å²) in [6.07, 6.45) is 1.71. The van der Waals surface area contributed by atoms with Gasteiger partial charge in [-0.3, -0.25) is 0 Å². The highest BCUT2D eigenvalue weighted by atomic mass is 32.1. The molecule has 1 aromatic heterocycles. The second-order valence-electron chi connectivity index (χ2n) is 1.89. The van der Waals surface area contributed by atoms with Crippen LogP contribution < -0.4 is 0 Å². The predicted molar refractivity (Wildman–Crippen MR) is 38.8 cm³/mol. The van der Waals surface area contributed by atoms with Crippen LogP contribution in [0.15, 0.2) is 11.1 Å². The Labute approximate surface area is 59.8 Å². The number of hydrogen-bond acceptors (Lipinski definition) is 3. The largest absolute Gasteiger partial charge is 0.241 e. The Kier molecular flexibility index (Phi) is 1.71. The molecular weight excluding hydrogens is 132 g/mol. The molecule has 1 heterocycles. The molecule has 0 radical (unpaired) electrons. The normalized spacial score (nSPS) is 9.67. The molecular formula is C6H8N2S. The highest BCUT2D eigenvalue weighted by molar-refractivity contribution is 7.80. The number of rotatable bonds is 0. The summed E-state index contributed by atoms with van der Waals surface area (Å²) in [5, 5.41) is 0. The Morgan fingerprint density at radius 3 is 2.56 bits per heavy atom. The van der Waals surface area contributed by atoms with Gasteiger partial charge in [0.2, 0.25) is 0 Å². The number of nitrogens with zero attached hydrogens (tertiary/aromatic N) is 2. The fourth-order valence-corrected chi connectivity index (χ4v) is 0.685. The molecule has 9 heavy (non-hydrogen) atoms. The third kappa shape index (κ3) is 1.42. The van der Waals surface area contributed by atoms with Crippen molar-refractivity contribution in [2.75, 3.05) is 0 Å². The van der Waals surface area contributed by atoms with Gasteiger partial charge in [-0.1, -0.05) is 0 Å². The smallest absolute Gasteiger partial charge is 0.125 e. The van der Waals surface area contributed by atoms with Crippen molar-refractivity contribution in [2.24, 2.45) is 0 Å². The van der Waals surface area contributed by atoms with Gasteiger partial charge in [0.25, 0.3) is 0 Å². The molecule has 0 bridgehead atoms. The first kappa shape index (κ1) is 6.55. The van der Waals surface area contributed by atoms with E-state index in [9.17, 15) is 0 Å². The maximum absolute atomic E-state index is 4.12. The summed E-state index contributed by atoms with van der Waals surface area (Å²) in [4.78, 5) is 8.89. The van der Waals surface area contributed by atoms with Crippen LogP contribution in [0.3, 0.4) is 0 Å². The molecule has 0 aliphatic rings. The Hall–Kier alpha value is -0.570. The Bertz CT molecular complexity index is 222. The van der Waals surface area contributed by atoms with Crippen molar-refractivity contribution in [2.45, 2.75) is 18.7 Å². The third-order valence-electron chi connectivity index (χ3n) is 1.07. The van der Waals surface area contributed by atoms with Crippen molar-refractivity contribution < 1.29 is 0 Å². The van der Waals surface area contributed by atoms with Crippen LogP contribution >= 0.6 is 12.6 Å². The van der Waals surface area contributed by atoms with Gasteiger partial charge >= 0.3 is 0 Å². The molecule has 2 nitrogen and oxygen atoms in total. The SMILES string of the molecule is Cc1ncc(S)c(C)n1. The minimum absolute atomic E-state index is 0.797. The van der Waals surface area contributed by atoms with Crippen molar-refractivity contribution in [3.63, 3.8) is 0 Å². The number of hydrogen-bond donors (Lipinski definition) is 1. The minimum atomic E-state index is 0.797. The molecule has 0 unspecified atom stereocenters. The number of aryl methyl sites for hydroxylation is 2. The van der Waals surface area contributed by atoms with Crippen LogP contribution in [0.2, 0.25) is 0 Å². The monoisotopic (exact) mass is 140 g/mol. The quantitative estimate of drug-likeness (QED) is 0.551. The highest BCUT2D eigenvalue weighted by Gasteiger charge is 1.92. The fraction of sp³-hybridized carbons (Fsp3) is 0.333. The molecule has 1 aromatic rings. The summed E-state index contributed by atoms with van der Waals surface area (Å²) in [6.45, 7) is 3.78. The highest BCUT2D eigenvalue weighted by Crippen LogP contribution is 2.06. The van der Waals surface area contributed by atoms with Crippen molar-refractivity contribution in [3.8, 4) is 0 Å². The first-order valence-electron chi connectivity index (χ1n) is 2.69. The zero-order valence-electron chi connectivity index (χ0n) is 5.42. The summed E-state index contributed by atoms with van der Waals surface area (Å²) in [5.41, 5.74) is 0.936. The summed E-state index contributed by atoms with van der Waals surface area (Å²) in [5.74, 6) is 0.797. The zero-order chi connectivity index (χ0) is 6.85. The summed E-state index contributed by atoms with van der Waals surface area (Å²) in [7, 11) is 0. The van der Waals surface area contributed by atoms with Crippen LogP contribution in [0, 0.1) is 13.8 Å². The molecule has 0 aliphatic carbocycles. The van der Waals surface area contributed by atoms with Gasteiger partial charge in [-0.15, -0.1) is 12.6 Å². The van der Waals surface area contributed by atoms with Crippen LogP contribution in [0.5, 0.6) is 0 Å². The van der Waals surface area contributed by atoms with Gasteiger partial charge in [-0.05, 0) is 13.8 Å². The fourth-order valence-electron chi connectivity index (χ4n) is 0.577. The van der Waals surface area contributed by atoms with E-state index in [0.29, 0.717) is 0 Å². The summed E-state index contributed by atoms with van der Waals surface area (Å²) < 4.78 is 0. The zero-order valence-corrected chi connectivity index (χ0v) is 6.31. The van der Waals surface area contributed by atoms with E-state index in [1.165, 1.54) is 0 Å². The standard InChI is InChI=1S/C6H8N2S/c1-4-6(9)3-7-5(2)8-4/h3,9H,1-2H3. The van der Waals surface area contributed by atoms with E-state index in [1.807, 2.05) is 13.8 Å². The molecule has 1 rings (SSSR count). The molecule has 0 atom stereocenters. The molecule has 48 valence electrons. The molecule has 0 aromatic carbocycles. The molecule has 0 saturated carbocycles.